The van der Waals surface area contributed by atoms with Gasteiger partial charge in [0.25, 0.3) is 0 Å². The maximum atomic E-state index is 13.0. The summed E-state index contributed by atoms with van der Waals surface area (Å²) in [7, 11) is 0. The van der Waals surface area contributed by atoms with Crippen LogP contribution in [0.5, 0.6) is 0 Å². The molecule has 1 nitrogen and oxygen atoms in total. The highest BCUT2D eigenvalue weighted by atomic mass is 79.9. The molecule has 1 aliphatic rings. The van der Waals surface area contributed by atoms with Gasteiger partial charge < -0.3 is 5.32 Å². The number of aryl methyl sites for hydroxylation is 1. The molecule has 1 aromatic carbocycles. The van der Waals surface area contributed by atoms with Crippen LogP contribution >= 0.6 is 15.9 Å². The van der Waals surface area contributed by atoms with Gasteiger partial charge in [-0.05, 0) is 43.5 Å². The van der Waals surface area contributed by atoms with Crippen molar-refractivity contribution in [1.82, 2.24) is 0 Å². The Morgan fingerprint density at radius 3 is 2.53 bits per heavy atom. The summed E-state index contributed by atoms with van der Waals surface area (Å²) in [6.07, 6.45) is -1.76. The molecular formula is C14H17BrF3N. The molecule has 1 aromatic rings. The number of benzene rings is 1. The number of halogens is 4. The van der Waals surface area contributed by atoms with Gasteiger partial charge in [0.1, 0.15) is 0 Å². The summed E-state index contributed by atoms with van der Waals surface area (Å²) in [6.45, 7) is 1.93. The van der Waals surface area contributed by atoms with E-state index in [-0.39, 0.29) is 6.42 Å². The molecule has 0 spiro atoms. The Balaban J connectivity index is 2.13. The highest BCUT2D eigenvalue weighted by molar-refractivity contribution is 9.10. The molecule has 0 heterocycles. The van der Waals surface area contributed by atoms with E-state index in [9.17, 15) is 13.2 Å². The Kier molecular flexibility index (Phi) is 4.43. The van der Waals surface area contributed by atoms with Crippen molar-refractivity contribution in [2.24, 2.45) is 5.92 Å². The third kappa shape index (κ3) is 3.65. The number of nitrogens with one attached hydrogen (secondary N) is 1. The lowest BCUT2D eigenvalue weighted by Gasteiger charge is -2.34. The molecule has 0 radical (unpaired) electrons. The minimum Gasteiger partial charge on any atom is -0.382 e. The number of alkyl halides is 3. The van der Waals surface area contributed by atoms with Gasteiger partial charge in [-0.15, -0.1) is 0 Å². The monoisotopic (exact) mass is 335 g/mol. The highest BCUT2D eigenvalue weighted by Gasteiger charge is 2.45. The lowest BCUT2D eigenvalue weighted by molar-refractivity contribution is -0.184. The summed E-state index contributed by atoms with van der Waals surface area (Å²) in [6, 6.07) is 5.06. The van der Waals surface area contributed by atoms with Crippen molar-refractivity contribution >= 4 is 21.6 Å². The Hall–Kier alpha value is -0.710. The summed E-state index contributed by atoms with van der Waals surface area (Å²) < 4.78 is 39.9. The third-order valence-corrected chi connectivity index (χ3v) is 4.59. The molecule has 0 saturated heterocycles. The minimum atomic E-state index is -4.11. The van der Waals surface area contributed by atoms with Gasteiger partial charge in [-0.1, -0.05) is 28.8 Å². The summed E-state index contributed by atoms with van der Waals surface area (Å²) in [5.74, 6) is -1.23. The topological polar surface area (TPSA) is 12.0 Å². The summed E-state index contributed by atoms with van der Waals surface area (Å²) in [4.78, 5) is 0. The fourth-order valence-corrected chi connectivity index (χ4v) is 2.89. The molecule has 0 aromatic heterocycles. The van der Waals surface area contributed by atoms with Crippen LogP contribution in [0.2, 0.25) is 0 Å². The van der Waals surface area contributed by atoms with Crippen molar-refractivity contribution in [3.8, 4) is 0 Å². The largest absolute Gasteiger partial charge is 0.393 e. The maximum absolute atomic E-state index is 13.0. The van der Waals surface area contributed by atoms with Gasteiger partial charge in [0.2, 0.25) is 0 Å². The maximum Gasteiger partial charge on any atom is 0.393 e. The van der Waals surface area contributed by atoms with E-state index in [4.69, 9.17) is 0 Å². The average molecular weight is 336 g/mol. The van der Waals surface area contributed by atoms with Crippen LogP contribution in [0, 0.1) is 12.8 Å². The van der Waals surface area contributed by atoms with Crippen molar-refractivity contribution in [3.63, 3.8) is 0 Å². The molecule has 0 aliphatic heterocycles. The van der Waals surface area contributed by atoms with E-state index in [0.717, 1.165) is 22.1 Å². The first-order valence-electron chi connectivity index (χ1n) is 6.47. The molecule has 5 heteroatoms. The van der Waals surface area contributed by atoms with Crippen LogP contribution in [0.4, 0.5) is 18.9 Å². The first kappa shape index (κ1) is 14.7. The van der Waals surface area contributed by atoms with E-state index in [1.165, 1.54) is 0 Å². The van der Waals surface area contributed by atoms with Crippen molar-refractivity contribution in [2.75, 3.05) is 5.32 Å². The molecule has 106 valence electrons. The Morgan fingerprint density at radius 2 is 1.89 bits per heavy atom. The quantitative estimate of drug-likeness (QED) is 0.774. The van der Waals surface area contributed by atoms with Gasteiger partial charge in [0.15, 0.2) is 0 Å². The smallest absolute Gasteiger partial charge is 0.382 e. The Labute approximate surface area is 119 Å². The minimum absolute atomic E-state index is 0.233. The second-order valence-electron chi connectivity index (χ2n) is 5.15. The van der Waals surface area contributed by atoms with Crippen LogP contribution < -0.4 is 5.32 Å². The fraction of sp³-hybridized carbons (Fsp3) is 0.571. The molecule has 1 aliphatic carbocycles. The first-order chi connectivity index (χ1) is 8.88. The van der Waals surface area contributed by atoms with Gasteiger partial charge in [0, 0.05) is 16.2 Å². The zero-order valence-electron chi connectivity index (χ0n) is 10.7. The van der Waals surface area contributed by atoms with Crippen LogP contribution in [0.3, 0.4) is 0 Å². The summed E-state index contributed by atoms with van der Waals surface area (Å²) in [5, 5.41) is 3.06. The molecule has 2 unspecified atom stereocenters. The SMILES string of the molecule is Cc1cc(NC2CCCCC2C(F)(F)F)ccc1Br. The van der Waals surface area contributed by atoms with Crippen LogP contribution in [-0.2, 0) is 0 Å². The zero-order chi connectivity index (χ0) is 14.0. The molecular weight excluding hydrogens is 319 g/mol. The second-order valence-corrected chi connectivity index (χ2v) is 6.00. The number of hydrogen-bond acceptors (Lipinski definition) is 1. The van der Waals surface area contributed by atoms with Crippen molar-refractivity contribution < 1.29 is 13.2 Å². The average Bonchev–Trinajstić information content (AvgIpc) is 2.33. The molecule has 2 atom stereocenters. The van der Waals surface area contributed by atoms with Crippen LogP contribution in [0.1, 0.15) is 31.2 Å². The lowest BCUT2D eigenvalue weighted by atomic mass is 9.84. The van der Waals surface area contributed by atoms with E-state index >= 15 is 0 Å². The predicted molar refractivity (Wildman–Crippen MR) is 74.3 cm³/mol. The van der Waals surface area contributed by atoms with Crippen LogP contribution in [-0.4, -0.2) is 12.2 Å². The zero-order valence-corrected chi connectivity index (χ0v) is 12.3. The van der Waals surface area contributed by atoms with Gasteiger partial charge in [0.05, 0.1) is 5.92 Å². The Bertz CT molecular complexity index is 445. The molecule has 1 fully saturated rings. The molecule has 2 rings (SSSR count). The fourth-order valence-electron chi connectivity index (χ4n) is 2.64. The van der Waals surface area contributed by atoms with Crippen molar-refractivity contribution in [3.05, 3.63) is 28.2 Å². The number of rotatable bonds is 2. The van der Waals surface area contributed by atoms with E-state index in [1.807, 2.05) is 25.1 Å². The molecule has 0 amide bonds. The molecule has 1 saturated carbocycles. The van der Waals surface area contributed by atoms with Crippen molar-refractivity contribution in [2.45, 2.75) is 44.8 Å². The first-order valence-corrected chi connectivity index (χ1v) is 7.26. The summed E-state index contributed by atoms with van der Waals surface area (Å²) >= 11 is 3.39. The van der Waals surface area contributed by atoms with Crippen LogP contribution in [0.25, 0.3) is 0 Å². The molecule has 19 heavy (non-hydrogen) atoms. The van der Waals surface area contributed by atoms with Gasteiger partial charge in [-0.3, -0.25) is 0 Å². The standard InChI is InChI=1S/C14H17BrF3N/c1-9-8-10(6-7-12(9)15)19-13-5-3-2-4-11(13)14(16,17)18/h6-8,11,13,19H,2-5H2,1H3. The van der Waals surface area contributed by atoms with Gasteiger partial charge in [-0.25, -0.2) is 0 Å². The second kappa shape index (κ2) is 5.73. The third-order valence-electron chi connectivity index (χ3n) is 3.70. The van der Waals surface area contributed by atoms with Gasteiger partial charge >= 0.3 is 6.18 Å². The molecule has 1 N–H and O–H groups in total. The lowest BCUT2D eigenvalue weighted by Crippen LogP contribution is -2.41. The predicted octanol–water partition coefficient (Wildman–Crippen LogP) is 5.29. The van der Waals surface area contributed by atoms with E-state index in [2.05, 4.69) is 21.2 Å². The number of anilines is 1. The molecule has 0 bridgehead atoms. The summed E-state index contributed by atoms with van der Waals surface area (Å²) in [5.41, 5.74) is 1.78. The Morgan fingerprint density at radius 1 is 1.21 bits per heavy atom. The van der Waals surface area contributed by atoms with Gasteiger partial charge in [-0.2, -0.15) is 13.2 Å². The van der Waals surface area contributed by atoms with Crippen molar-refractivity contribution in [1.29, 1.82) is 0 Å². The van der Waals surface area contributed by atoms with E-state index in [1.54, 1.807) is 0 Å². The normalized spacial score (nSPS) is 24.3. The van der Waals surface area contributed by atoms with E-state index in [0.29, 0.717) is 12.8 Å². The van der Waals surface area contributed by atoms with E-state index < -0.39 is 18.1 Å². The highest BCUT2D eigenvalue weighted by Crippen LogP contribution is 2.39. The van der Waals surface area contributed by atoms with Crippen LogP contribution in [0.15, 0.2) is 22.7 Å². The number of hydrogen-bond donors (Lipinski definition) is 1.